The van der Waals surface area contributed by atoms with Crippen LogP contribution in [0.1, 0.15) is 24.6 Å². The van der Waals surface area contributed by atoms with Crippen LogP contribution < -0.4 is 0 Å². The Kier molecular flexibility index (Phi) is 2.56. The summed E-state index contributed by atoms with van der Waals surface area (Å²) in [5, 5.41) is 9.81. The molecule has 1 saturated carbocycles. The number of aromatic nitrogens is 3. The minimum absolute atomic E-state index is 0.174. The Morgan fingerprint density at radius 2 is 2.25 bits per heavy atom. The summed E-state index contributed by atoms with van der Waals surface area (Å²) >= 11 is 8.21. The fraction of sp³-hybridized carbons (Fsp3) is 0.400. The third kappa shape index (κ3) is 1.53. The van der Waals surface area contributed by atoms with Crippen LogP contribution in [0.15, 0.2) is 12.4 Å². The zero-order valence-electron chi connectivity index (χ0n) is 8.27. The summed E-state index contributed by atoms with van der Waals surface area (Å²) in [7, 11) is 0. The third-order valence-electron chi connectivity index (χ3n) is 2.97. The normalized spacial score (nSPS) is 24.7. The molecule has 0 aromatic carbocycles. The monoisotopic (exact) mass is 349 g/mol. The lowest BCUT2D eigenvalue weighted by atomic mass is 9.82. The van der Waals surface area contributed by atoms with E-state index in [1.807, 2.05) is 10.6 Å². The van der Waals surface area contributed by atoms with Crippen LogP contribution in [0.2, 0.25) is 5.15 Å². The predicted molar refractivity (Wildman–Crippen MR) is 68.7 cm³/mol. The number of nitrogens with zero attached hydrogens (tertiary/aromatic N) is 3. The molecule has 2 aromatic rings. The van der Waals surface area contributed by atoms with E-state index in [0.29, 0.717) is 11.1 Å². The lowest BCUT2D eigenvalue weighted by molar-refractivity contribution is 0.0715. The average Bonchev–Trinajstić information content (AvgIpc) is 2.53. The van der Waals surface area contributed by atoms with Crippen molar-refractivity contribution in [2.24, 2.45) is 0 Å². The van der Waals surface area contributed by atoms with Gasteiger partial charge in [-0.1, -0.05) is 11.6 Å². The maximum atomic E-state index is 9.34. The van der Waals surface area contributed by atoms with Gasteiger partial charge >= 0.3 is 0 Å². The smallest absolute Gasteiger partial charge is 0.155 e. The van der Waals surface area contributed by atoms with Gasteiger partial charge in [-0.3, -0.25) is 4.40 Å². The van der Waals surface area contributed by atoms with Gasteiger partial charge in [0.1, 0.15) is 15.0 Å². The molecule has 0 radical (unpaired) electrons. The first-order valence-corrected chi connectivity index (χ1v) is 6.48. The average molecular weight is 350 g/mol. The predicted octanol–water partition coefficient (Wildman–Crippen LogP) is 2.23. The number of aliphatic hydroxyl groups excluding tert-OH is 1. The van der Waals surface area contributed by atoms with Crippen LogP contribution in [0.5, 0.6) is 0 Å². The van der Waals surface area contributed by atoms with Crippen LogP contribution in [-0.4, -0.2) is 25.6 Å². The number of imidazole rings is 1. The molecule has 0 amide bonds. The van der Waals surface area contributed by atoms with Gasteiger partial charge in [-0.2, -0.15) is 0 Å². The zero-order valence-corrected chi connectivity index (χ0v) is 11.2. The lowest BCUT2D eigenvalue weighted by Crippen LogP contribution is -2.27. The van der Waals surface area contributed by atoms with E-state index in [-0.39, 0.29) is 6.10 Å². The van der Waals surface area contributed by atoms with E-state index in [9.17, 15) is 5.11 Å². The van der Waals surface area contributed by atoms with Crippen LogP contribution in [0.3, 0.4) is 0 Å². The number of aliphatic hydroxyl groups is 1. The first-order chi connectivity index (χ1) is 7.66. The van der Waals surface area contributed by atoms with Crippen molar-refractivity contribution in [2.45, 2.75) is 24.9 Å². The molecule has 1 aliphatic rings. The summed E-state index contributed by atoms with van der Waals surface area (Å²) in [4.78, 5) is 8.57. The van der Waals surface area contributed by atoms with E-state index in [2.05, 4.69) is 32.6 Å². The number of halogens is 2. The molecule has 84 valence electrons. The number of fused-ring (bicyclic) bond motifs is 1. The first-order valence-electron chi connectivity index (χ1n) is 5.03. The van der Waals surface area contributed by atoms with Crippen molar-refractivity contribution in [3.63, 3.8) is 0 Å². The van der Waals surface area contributed by atoms with Crippen molar-refractivity contribution in [3.05, 3.63) is 27.1 Å². The van der Waals surface area contributed by atoms with Crippen molar-refractivity contribution in [1.82, 2.24) is 14.4 Å². The van der Waals surface area contributed by atoms with Crippen LogP contribution >= 0.6 is 34.2 Å². The maximum absolute atomic E-state index is 9.34. The Morgan fingerprint density at radius 3 is 2.94 bits per heavy atom. The SMILES string of the molecule is O[C@H]1C[C@@H](c2nc(I)c3c(Cl)nccn32)C1. The molecule has 0 saturated heterocycles. The molecule has 3 rings (SSSR count). The van der Waals surface area contributed by atoms with Gasteiger partial charge in [0.15, 0.2) is 5.15 Å². The molecule has 0 bridgehead atoms. The van der Waals surface area contributed by atoms with Crippen molar-refractivity contribution >= 4 is 39.7 Å². The van der Waals surface area contributed by atoms with Crippen molar-refractivity contribution in [2.75, 3.05) is 0 Å². The Bertz CT molecular complexity index is 550. The van der Waals surface area contributed by atoms with E-state index < -0.39 is 0 Å². The first kappa shape index (κ1) is 10.7. The minimum atomic E-state index is -0.174. The molecule has 0 atom stereocenters. The molecular weight excluding hydrogens is 340 g/mol. The molecule has 1 N–H and O–H groups in total. The fourth-order valence-corrected chi connectivity index (χ4v) is 3.23. The summed E-state index contributed by atoms with van der Waals surface area (Å²) in [5.41, 5.74) is 0.862. The Labute approximate surface area is 111 Å². The van der Waals surface area contributed by atoms with E-state index in [1.54, 1.807) is 6.20 Å². The quantitative estimate of drug-likeness (QED) is 0.803. The molecule has 16 heavy (non-hydrogen) atoms. The number of hydrogen-bond acceptors (Lipinski definition) is 3. The van der Waals surface area contributed by atoms with Gasteiger partial charge < -0.3 is 5.11 Å². The van der Waals surface area contributed by atoms with Gasteiger partial charge in [0, 0.05) is 18.3 Å². The van der Waals surface area contributed by atoms with Crippen molar-refractivity contribution in [1.29, 1.82) is 0 Å². The summed E-state index contributed by atoms with van der Waals surface area (Å²) in [6.45, 7) is 0. The molecule has 0 unspecified atom stereocenters. The molecule has 4 nitrogen and oxygen atoms in total. The molecule has 2 aromatic heterocycles. The highest BCUT2D eigenvalue weighted by Crippen LogP contribution is 2.37. The van der Waals surface area contributed by atoms with Crippen molar-refractivity contribution < 1.29 is 5.11 Å². The Hall–Kier alpha value is -0.400. The second-order valence-corrected chi connectivity index (χ2v) is 5.40. The summed E-state index contributed by atoms with van der Waals surface area (Å²) < 4.78 is 2.85. The maximum Gasteiger partial charge on any atom is 0.155 e. The standard InChI is InChI=1S/C10H9ClIN3O/c11-8-7-9(12)14-10(5-3-6(16)4-5)15(7)2-1-13-8/h1-2,5-6,16H,3-4H2/t5-,6+. The molecule has 2 heterocycles. The highest BCUT2D eigenvalue weighted by Gasteiger charge is 2.32. The summed E-state index contributed by atoms with van der Waals surface area (Å²) in [6, 6.07) is 0. The van der Waals surface area contributed by atoms with Gasteiger partial charge in [0.05, 0.1) is 6.10 Å². The van der Waals surface area contributed by atoms with Gasteiger partial charge in [0.2, 0.25) is 0 Å². The minimum Gasteiger partial charge on any atom is -0.393 e. The number of hydrogen-bond donors (Lipinski definition) is 1. The highest BCUT2D eigenvalue weighted by molar-refractivity contribution is 14.1. The second kappa shape index (κ2) is 3.82. The van der Waals surface area contributed by atoms with E-state index >= 15 is 0 Å². The Morgan fingerprint density at radius 1 is 1.50 bits per heavy atom. The van der Waals surface area contributed by atoms with Crippen LogP contribution in [0.4, 0.5) is 0 Å². The summed E-state index contributed by atoms with van der Waals surface area (Å²) in [5.74, 6) is 1.32. The topological polar surface area (TPSA) is 50.4 Å². The molecular formula is C10H9ClIN3O. The molecule has 1 aliphatic carbocycles. The van der Waals surface area contributed by atoms with E-state index in [0.717, 1.165) is 27.9 Å². The van der Waals surface area contributed by atoms with Crippen LogP contribution in [0, 0.1) is 3.70 Å². The zero-order chi connectivity index (χ0) is 11.3. The van der Waals surface area contributed by atoms with Crippen LogP contribution in [0.25, 0.3) is 5.52 Å². The highest BCUT2D eigenvalue weighted by atomic mass is 127. The molecule has 6 heteroatoms. The molecule has 1 fully saturated rings. The summed E-state index contributed by atoms with van der Waals surface area (Å²) in [6.07, 6.45) is 4.94. The Balaban J connectivity index is 2.16. The van der Waals surface area contributed by atoms with Gasteiger partial charge in [-0.15, -0.1) is 0 Å². The molecule has 0 spiro atoms. The van der Waals surface area contributed by atoms with Gasteiger partial charge in [-0.25, -0.2) is 9.97 Å². The fourth-order valence-electron chi connectivity index (χ4n) is 2.07. The van der Waals surface area contributed by atoms with E-state index in [1.165, 1.54) is 0 Å². The lowest BCUT2D eigenvalue weighted by Gasteiger charge is -2.30. The van der Waals surface area contributed by atoms with Gasteiger partial charge in [-0.05, 0) is 35.4 Å². The van der Waals surface area contributed by atoms with Gasteiger partial charge in [0.25, 0.3) is 0 Å². The largest absolute Gasteiger partial charge is 0.393 e. The van der Waals surface area contributed by atoms with Crippen molar-refractivity contribution in [3.8, 4) is 0 Å². The number of rotatable bonds is 1. The third-order valence-corrected chi connectivity index (χ3v) is 4.00. The van der Waals surface area contributed by atoms with Crippen LogP contribution in [-0.2, 0) is 0 Å². The van der Waals surface area contributed by atoms with E-state index in [4.69, 9.17) is 11.6 Å². The molecule has 0 aliphatic heterocycles. The second-order valence-electron chi connectivity index (χ2n) is 4.02.